The van der Waals surface area contributed by atoms with Crippen molar-refractivity contribution >= 4 is 27.6 Å². The van der Waals surface area contributed by atoms with Gasteiger partial charge in [-0.1, -0.05) is 17.7 Å². The minimum Gasteiger partial charge on any atom is -0.494 e. The lowest BCUT2D eigenvalue weighted by atomic mass is 10.1. The first kappa shape index (κ1) is 28.0. The maximum atomic E-state index is 13.6. The fourth-order valence-corrected chi connectivity index (χ4v) is 5.88. The van der Waals surface area contributed by atoms with Crippen LogP contribution in [0.25, 0.3) is 5.69 Å². The van der Waals surface area contributed by atoms with Gasteiger partial charge in [-0.25, -0.2) is 18.4 Å². The lowest BCUT2D eigenvalue weighted by Crippen LogP contribution is -2.33. The topological polar surface area (TPSA) is 140 Å². The Morgan fingerprint density at radius 1 is 1.05 bits per heavy atom. The number of para-hydroxylation sites is 1. The summed E-state index contributed by atoms with van der Waals surface area (Å²) in [5, 5.41) is 7.90. The van der Waals surface area contributed by atoms with Crippen LogP contribution < -0.4 is 14.2 Å². The van der Waals surface area contributed by atoms with E-state index in [0.717, 1.165) is 19.3 Å². The number of hydrogen-bond acceptors (Lipinski definition) is 10. The predicted octanol–water partition coefficient (Wildman–Crippen LogP) is 3.53. The molecule has 1 N–H and O–H groups in total. The van der Waals surface area contributed by atoms with Crippen molar-refractivity contribution in [2.24, 2.45) is 0 Å². The van der Waals surface area contributed by atoms with Gasteiger partial charge in [-0.3, -0.25) is 9.29 Å². The summed E-state index contributed by atoms with van der Waals surface area (Å²) in [6, 6.07) is 5.30. The van der Waals surface area contributed by atoms with Crippen LogP contribution in [0, 0.1) is 0 Å². The van der Waals surface area contributed by atoms with Gasteiger partial charge >= 0.3 is 0 Å². The van der Waals surface area contributed by atoms with Crippen molar-refractivity contribution in [2.45, 2.75) is 49.6 Å². The molecule has 14 heteroatoms. The molecule has 1 fully saturated rings. The number of sulfonamides is 1. The van der Waals surface area contributed by atoms with Gasteiger partial charge in [0.1, 0.15) is 34.4 Å². The van der Waals surface area contributed by atoms with Gasteiger partial charge < -0.3 is 18.9 Å². The Hall–Kier alpha value is -3.00. The van der Waals surface area contributed by atoms with Gasteiger partial charge in [0.25, 0.3) is 0 Å². The van der Waals surface area contributed by atoms with E-state index in [1.165, 1.54) is 40.6 Å². The third-order valence-corrected chi connectivity index (χ3v) is 8.58. The van der Waals surface area contributed by atoms with Gasteiger partial charge in [0.2, 0.25) is 16.0 Å². The molecule has 12 nitrogen and oxygen atoms in total. The van der Waals surface area contributed by atoms with E-state index in [4.69, 9.17) is 30.5 Å². The molecule has 2 heterocycles. The number of rotatable bonds is 11. The van der Waals surface area contributed by atoms with Gasteiger partial charge in [0, 0.05) is 32.5 Å². The second-order valence-corrected chi connectivity index (χ2v) is 11.3. The molecule has 1 saturated carbocycles. The summed E-state index contributed by atoms with van der Waals surface area (Å²) < 4.78 is 53.8. The van der Waals surface area contributed by atoms with Crippen molar-refractivity contribution in [2.75, 3.05) is 33.2 Å². The number of halogens is 1. The van der Waals surface area contributed by atoms with Crippen molar-refractivity contribution in [3.8, 4) is 17.2 Å². The van der Waals surface area contributed by atoms with Gasteiger partial charge in [0.15, 0.2) is 5.82 Å². The quantitative estimate of drug-likeness (QED) is 0.366. The number of benzene rings is 1. The Kier molecular flexibility index (Phi) is 8.71. The molecule has 1 aliphatic rings. The summed E-state index contributed by atoms with van der Waals surface area (Å²) in [5.74, 6) is 1.64. The van der Waals surface area contributed by atoms with Gasteiger partial charge in [-0.05, 0) is 38.3 Å². The minimum absolute atomic E-state index is 0.0117. The van der Waals surface area contributed by atoms with Crippen molar-refractivity contribution in [1.82, 2.24) is 24.7 Å². The molecule has 3 aromatic rings. The van der Waals surface area contributed by atoms with Crippen LogP contribution in [-0.2, 0) is 19.5 Å². The van der Waals surface area contributed by atoms with E-state index in [-0.39, 0.29) is 23.8 Å². The molecule has 1 aromatic carbocycles. The molecule has 0 spiro atoms. The molecule has 1 unspecified atom stereocenters. The van der Waals surface area contributed by atoms with Gasteiger partial charge in [0.05, 0.1) is 25.3 Å². The number of hydrogen-bond donors (Lipinski definition) is 1. The van der Waals surface area contributed by atoms with Crippen LogP contribution in [0.2, 0.25) is 5.02 Å². The second kappa shape index (κ2) is 11.8. The lowest BCUT2D eigenvalue weighted by molar-refractivity contribution is 0.0950. The van der Waals surface area contributed by atoms with E-state index in [0.29, 0.717) is 28.0 Å². The SMILES string of the molecule is COc1cccc(OC)c1-n1c(NS(=O)(=O)[C@@H](C)[C@H](OC)c2ncc(Cl)cn2)nnc1C1CC[C@@H](OC)C1. The third kappa shape index (κ3) is 5.55. The number of aromatic nitrogens is 5. The Bertz CT molecular complexity index is 1330. The predicted molar refractivity (Wildman–Crippen MR) is 141 cm³/mol. The average molecular weight is 567 g/mol. The van der Waals surface area contributed by atoms with Gasteiger partial charge in [-0.2, -0.15) is 0 Å². The van der Waals surface area contributed by atoms with Crippen molar-refractivity contribution in [3.63, 3.8) is 0 Å². The number of nitrogens with zero attached hydrogens (tertiary/aromatic N) is 5. The molecule has 0 radical (unpaired) electrons. The Balaban J connectivity index is 1.78. The highest BCUT2D eigenvalue weighted by molar-refractivity contribution is 7.93. The van der Waals surface area contributed by atoms with E-state index >= 15 is 0 Å². The molecule has 2 aromatic heterocycles. The van der Waals surface area contributed by atoms with E-state index in [9.17, 15) is 8.42 Å². The molecule has 38 heavy (non-hydrogen) atoms. The highest BCUT2D eigenvalue weighted by Gasteiger charge is 2.37. The maximum absolute atomic E-state index is 13.6. The molecule has 0 saturated heterocycles. The molecular weight excluding hydrogens is 536 g/mol. The number of ether oxygens (including phenoxy) is 4. The zero-order chi connectivity index (χ0) is 27.4. The normalized spacial score (nSPS) is 19.2. The summed E-state index contributed by atoms with van der Waals surface area (Å²) in [6.07, 6.45) is 4.24. The summed E-state index contributed by atoms with van der Waals surface area (Å²) in [5.41, 5.74) is 0.480. The fourth-order valence-electron chi connectivity index (χ4n) is 4.65. The zero-order valence-electron chi connectivity index (χ0n) is 21.8. The Morgan fingerprint density at radius 3 is 2.26 bits per heavy atom. The van der Waals surface area contributed by atoms with E-state index in [1.807, 2.05) is 0 Å². The first-order chi connectivity index (χ1) is 18.2. The minimum atomic E-state index is -4.10. The van der Waals surface area contributed by atoms with Crippen LogP contribution >= 0.6 is 11.6 Å². The highest BCUT2D eigenvalue weighted by atomic mass is 35.5. The molecule has 0 amide bonds. The standard InChI is InChI=1S/C24H31ClN6O6S/c1-14(21(37-5)22-26-12-16(25)13-27-22)38(32,33)30-24-29-28-23(15-9-10-17(11-15)34-2)31(24)20-18(35-3)7-6-8-19(20)36-4/h6-8,12-15,17,21H,9-11H2,1-5H3,(H,29,30)/t14-,15?,17+,21-/m0/s1. The molecule has 0 aliphatic heterocycles. The van der Waals surface area contributed by atoms with Crippen LogP contribution in [0.4, 0.5) is 5.95 Å². The number of nitrogens with one attached hydrogen (secondary N) is 1. The maximum Gasteiger partial charge on any atom is 0.243 e. The summed E-state index contributed by atoms with van der Waals surface area (Å²) in [7, 11) is 2.03. The molecule has 206 valence electrons. The molecule has 0 bridgehead atoms. The molecule has 4 rings (SSSR count). The van der Waals surface area contributed by atoms with Crippen molar-refractivity contribution < 1.29 is 27.4 Å². The van der Waals surface area contributed by atoms with Crippen LogP contribution in [-0.4, -0.2) is 72.9 Å². The Labute approximate surface area is 226 Å². The lowest BCUT2D eigenvalue weighted by Gasteiger charge is -2.23. The number of anilines is 1. The van der Waals surface area contributed by atoms with Crippen LogP contribution in [0.3, 0.4) is 0 Å². The smallest absolute Gasteiger partial charge is 0.243 e. The summed E-state index contributed by atoms with van der Waals surface area (Å²) in [6.45, 7) is 1.50. The second-order valence-electron chi connectivity index (χ2n) is 8.86. The van der Waals surface area contributed by atoms with E-state index < -0.39 is 21.4 Å². The fraction of sp³-hybridized carbons (Fsp3) is 0.500. The molecule has 4 atom stereocenters. The molecule has 1 aliphatic carbocycles. The zero-order valence-corrected chi connectivity index (χ0v) is 23.4. The number of methoxy groups -OCH3 is 4. The average Bonchev–Trinajstić information content (AvgIpc) is 3.56. The van der Waals surface area contributed by atoms with Crippen LogP contribution in [0.15, 0.2) is 30.6 Å². The van der Waals surface area contributed by atoms with Crippen LogP contribution in [0.5, 0.6) is 11.5 Å². The van der Waals surface area contributed by atoms with Gasteiger partial charge in [-0.15, -0.1) is 10.2 Å². The van der Waals surface area contributed by atoms with Crippen molar-refractivity contribution in [3.05, 3.63) is 47.3 Å². The first-order valence-corrected chi connectivity index (χ1v) is 13.9. The highest BCUT2D eigenvalue weighted by Crippen LogP contribution is 2.41. The van der Waals surface area contributed by atoms with Crippen molar-refractivity contribution in [1.29, 1.82) is 0 Å². The van der Waals surface area contributed by atoms with Crippen LogP contribution in [0.1, 0.15) is 49.9 Å². The van der Waals surface area contributed by atoms with E-state index in [2.05, 4.69) is 24.9 Å². The molecular formula is C24H31ClN6O6S. The summed E-state index contributed by atoms with van der Waals surface area (Å²) in [4.78, 5) is 8.27. The Morgan fingerprint density at radius 2 is 1.71 bits per heavy atom. The summed E-state index contributed by atoms with van der Waals surface area (Å²) >= 11 is 5.89. The third-order valence-electron chi connectivity index (χ3n) is 6.69. The first-order valence-electron chi connectivity index (χ1n) is 11.9. The largest absolute Gasteiger partial charge is 0.494 e. The monoisotopic (exact) mass is 566 g/mol. The van der Waals surface area contributed by atoms with E-state index in [1.54, 1.807) is 29.9 Å².